The fourth-order valence-electron chi connectivity index (χ4n) is 5.46. The lowest BCUT2D eigenvalue weighted by atomic mass is 10.0. The second-order valence-electron chi connectivity index (χ2n) is 8.48. The van der Waals surface area contributed by atoms with Crippen molar-refractivity contribution >= 4 is 60.3 Å². The fraction of sp³-hybridized carbons (Fsp3) is 0.107. The van der Waals surface area contributed by atoms with Gasteiger partial charge in [-0.15, -0.1) is 0 Å². The fourth-order valence-corrected chi connectivity index (χ4v) is 5.46. The monoisotopic (exact) mass is 417 g/mol. The van der Waals surface area contributed by atoms with Gasteiger partial charge in [-0.05, 0) is 36.8 Å². The molecule has 7 rings (SSSR count). The first-order valence-corrected chi connectivity index (χ1v) is 10.8. The summed E-state index contributed by atoms with van der Waals surface area (Å²) in [7, 11) is 3.85. The molecule has 32 heavy (non-hydrogen) atoms. The van der Waals surface area contributed by atoms with E-state index in [1.807, 2.05) is 12.1 Å². The molecular formula is C28H21N2O2+. The molecule has 0 saturated heterocycles. The lowest BCUT2D eigenvalue weighted by molar-refractivity contribution is -0.617. The van der Waals surface area contributed by atoms with Crippen molar-refractivity contribution < 1.29 is 13.7 Å². The minimum Gasteiger partial charge on any atom is -0.493 e. The van der Waals surface area contributed by atoms with Gasteiger partial charge < -0.3 is 9.15 Å². The Morgan fingerprint density at radius 2 is 1.59 bits per heavy atom. The summed E-state index contributed by atoms with van der Waals surface area (Å²) in [6, 6.07) is 25.6. The van der Waals surface area contributed by atoms with Crippen LogP contribution in [0, 0.1) is 6.92 Å². The van der Waals surface area contributed by atoms with Gasteiger partial charge in [-0.2, -0.15) is 4.40 Å². The molecule has 0 aliphatic heterocycles. The number of fused-ring (bicyclic) bond motifs is 12. The molecule has 4 aromatic carbocycles. The SMILES string of the molecule is COc1cccc2c1oc1ccc3c(c12)n1c2ccccc2c2cccc(C)c2c1[n+]3C. The van der Waals surface area contributed by atoms with Crippen LogP contribution in [0.2, 0.25) is 0 Å². The second kappa shape index (κ2) is 6.01. The average Bonchev–Trinajstić information content (AvgIpc) is 3.35. The Balaban J connectivity index is 1.89. The van der Waals surface area contributed by atoms with Gasteiger partial charge in [0.15, 0.2) is 22.4 Å². The second-order valence-corrected chi connectivity index (χ2v) is 8.48. The van der Waals surface area contributed by atoms with Gasteiger partial charge in [-0.25, -0.2) is 4.57 Å². The molecule has 0 fully saturated rings. The first kappa shape index (κ1) is 17.6. The Morgan fingerprint density at radius 1 is 0.812 bits per heavy atom. The zero-order chi connectivity index (χ0) is 21.6. The number of methoxy groups -OCH3 is 1. The third-order valence-electron chi connectivity index (χ3n) is 6.84. The van der Waals surface area contributed by atoms with Gasteiger partial charge in [0.25, 0.3) is 5.65 Å². The molecule has 4 nitrogen and oxygen atoms in total. The van der Waals surface area contributed by atoms with Gasteiger partial charge in [0.1, 0.15) is 11.1 Å². The van der Waals surface area contributed by atoms with Gasteiger partial charge in [-0.1, -0.05) is 48.5 Å². The predicted molar refractivity (Wildman–Crippen MR) is 130 cm³/mol. The molecule has 0 bridgehead atoms. The smallest absolute Gasteiger partial charge is 0.295 e. The number of rotatable bonds is 1. The van der Waals surface area contributed by atoms with E-state index in [9.17, 15) is 0 Å². The Kier molecular flexibility index (Phi) is 3.31. The van der Waals surface area contributed by atoms with E-state index >= 15 is 0 Å². The van der Waals surface area contributed by atoms with E-state index in [1.54, 1.807) is 7.11 Å². The Morgan fingerprint density at radius 3 is 2.47 bits per heavy atom. The normalized spacial score (nSPS) is 12.2. The van der Waals surface area contributed by atoms with Crippen LogP contribution in [0.25, 0.3) is 60.3 Å². The zero-order valence-corrected chi connectivity index (χ0v) is 18.1. The number of ether oxygens (including phenoxy) is 1. The summed E-state index contributed by atoms with van der Waals surface area (Å²) >= 11 is 0. The highest BCUT2D eigenvalue weighted by molar-refractivity contribution is 6.21. The van der Waals surface area contributed by atoms with Crippen LogP contribution in [-0.4, -0.2) is 11.5 Å². The summed E-state index contributed by atoms with van der Waals surface area (Å²) in [5, 5.41) is 5.99. The number of aryl methyl sites for hydroxylation is 2. The van der Waals surface area contributed by atoms with Gasteiger partial charge in [0, 0.05) is 16.2 Å². The van der Waals surface area contributed by atoms with E-state index in [-0.39, 0.29) is 0 Å². The summed E-state index contributed by atoms with van der Waals surface area (Å²) in [5.41, 5.74) is 7.64. The molecule has 154 valence electrons. The standard InChI is InChI=1S/C28H21N2O2/c1-16-8-6-10-18-17-9-4-5-12-20(17)30-26-21(29(2)28(30)24(16)18)14-15-22-25(26)19-11-7-13-23(31-3)27(19)32-22/h4-15H,1-3H3/q+1. The molecule has 7 aromatic rings. The van der Waals surface area contributed by atoms with Gasteiger partial charge in [-0.3, -0.25) is 0 Å². The summed E-state index contributed by atoms with van der Waals surface area (Å²) < 4.78 is 16.6. The molecule has 0 unspecified atom stereocenters. The predicted octanol–water partition coefficient (Wildman–Crippen LogP) is 6.44. The first-order chi connectivity index (χ1) is 15.7. The number of furan rings is 1. The summed E-state index contributed by atoms with van der Waals surface area (Å²) in [6.45, 7) is 2.20. The maximum absolute atomic E-state index is 6.32. The summed E-state index contributed by atoms with van der Waals surface area (Å²) in [6.07, 6.45) is 0. The van der Waals surface area contributed by atoms with Crippen LogP contribution in [0.5, 0.6) is 5.75 Å². The number of benzene rings is 4. The van der Waals surface area contributed by atoms with Crippen LogP contribution in [0.15, 0.2) is 77.2 Å². The highest BCUT2D eigenvalue weighted by Gasteiger charge is 2.27. The Labute approximate surface area is 183 Å². The van der Waals surface area contributed by atoms with Crippen molar-refractivity contribution in [3.63, 3.8) is 0 Å². The lowest BCUT2D eigenvalue weighted by Gasteiger charge is -2.07. The van der Waals surface area contributed by atoms with E-state index in [2.05, 4.69) is 83.6 Å². The van der Waals surface area contributed by atoms with Crippen LogP contribution < -0.4 is 9.30 Å². The lowest BCUT2D eigenvalue weighted by Crippen LogP contribution is -2.27. The van der Waals surface area contributed by atoms with Crippen LogP contribution in [0.3, 0.4) is 0 Å². The minimum atomic E-state index is 0.753. The van der Waals surface area contributed by atoms with Crippen LogP contribution in [-0.2, 0) is 7.05 Å². The molecule has 0 aliphatic rings. The van der Waals surface area contributed by atoms with E-state index in [0.717, 1.165) is 33.2 Å². The number of hydrogen-bond acceptors (Lipinski definition) is 2. The number of hydrogen-bond donors (Lipinski definition) is 0. The van der Waals surface area contributed by atoms with Crippen molar-refractivity contribution in [3.8, 4) is 5.75 Å². The molecular weight excluding hydrogens is 396 g/mol. The number of nitrogens with zero attached hydrogens (tertiary/aromatic N) is 2. The highest BCUT2D eigenvalue weighted by atomic mass is 16.5. The maximum atomic E-state index is 6.32. The molecule has 0 amide bonds. The van der Waals surface area contributed by atoms with Crippen molar-refractivity contribution in [2.24, 2.45) is 7.05 Å². The van der Waals surface area contributed by atoms with Crippen molar-refractivity contribution in [1.82, 2.24) is 4.40 Å². The largest absolute Gasteiger partial charge is 0.493 e. The molecule has 0 atom stereocenters. The number of pyridine rings is 1. The van der Waals surface area contributed by atoms with E-state index in [1.165, 1.54) is 38.4 Å². The van der Waals surface area contributed by atoms with Crippen molar-refractivity contribution in [2.75, 3.05) is 7.11 Å². The Bertz CT molecular complexity index is 1890. The third-order valence-corrected chi connectivity index (χ3v) is 6.84. The molecule has 0 N–H and O–H groups in total. The highest BCUT2D eigenvalue weighted by Crippen LogP contribution is 2.40. The topological polar surface area (TPSA) is 30.7 Å². The third kappa shape index (κ3) is 2.00. The van der Waals surface area contributed by atoms with E-state index < -0.39 is 0 Å². The Hall–Kier alpha value is -4.05. The first-order valence-electron chi connectivity index (χ1n) is 10.8. The summed E-state index contributed by atoms with van der Waals surface area (Å²) in [4.78, 5) is 0. The number of imidazole rings is 1. The van der Waals surface area contributed by atoms with Crippen molar-refractivity contribution in [1.29, 1.82) is 0 Å². The van der Waals surface area contributed by atoms with E-state index in [0.29, 0.717) is 0 Å². The van der Waals surface area contributed by atoms with Crippen LogP contribution in [0.4, 0.5) is 0 Å². The number of para-hydroxylation sites is 2. The van der Waals surface area contributed by atoms with Gasteiger partial charge in [0.05, 0.1) is 24.9 Å². The molecule has 0 radical (unpaired) electrons. The minimum absolute atomic E-state index is 0.753. The van der Waals surface area contributed by atoms with Crippen molar-refractivity contribution in [2.45, 2.75) is 6.92 Å². The molecule has 4 heteroatoms. The summed E-state index contributed by atoms with van der Waals surface area (Å²) in [5.74, 6) is 0.753. The molecule has 3 heterocycles. The quantitative estimate of drug-likeness (QED) is 0.227. The zero-order valence-electron chi connectivity index (χ0n) is 18.1. The van der Waals surface area contributed by atoms with Gasteiger partial charge in [0.2, 0.25) is 0 Å². The van der Waals surface area contributed by atoms with Crippen LogP contribution in [0.1, 0.15) is 5.56 Å². The molecule has 3 aromatic heterocycles. The average molecular weight is 417 g/mol. The van der Waals surface area contributed by atoms with E-state index in [4.69, 9.17) is 9.15 Å². The van der Waals surface area contributed by atoms with Crippen molar-refractivity contribution in [3.05, 3.63) is 78.4 Å². The molecule has 0 saturated carbocycles. The molecule has 0 spiro atoms. The van der Waals surface area contributed by atoms with Gasteiger partial charge >= 0.3 is 0 Å². The van der Waals surface area contributed by atoms with Crippen LogP contribution >= 0.6 is 0 Å². The maximum Gasteiger partial charge on any atom is 0.295 e. The molecule has 0 aliphatic carbocycles. The number of aromatic nitrogens is 2.